The lowest BCUT2D eigenvalue weighted by atomic mass is 10.0. The fourth-order valence-electron chi connectivity index (χ4n) is 1.91. The summed E-state index contributed by atoms with van der Waals surface area (Å²) in [5, 5.41) is 2.95. The van der Waals surface area contributed by atoms with Crippen molar-refractivity contribution in [3.8, 4) is 0 Å². The molecular formula is C16H26N2O. The number of hydrogen-bond donors (Lipinski definition) is 1. The molecule has 0 saturated carbocycles. The van der Waals surface area contributed by atoms with Gasteiger partial charge in [-0.25, -0.2) is 4.79 Å². The van der Waals surface area contributed by atoms with Gasteiger partial charge in [0.25, 0.3) is 0 Å². The van der Waals surface area contributed by atoms with Crippen LogP contribution in [0.15, 0.2) is 24.3 Å². The molecule has 3 nitrogen and oxygen atoms in total. The van der Waals surface area contributed by atoms with Gasteiger partial charge in [-0.1, -0.05) is 39.3 Å². The van der Waals surface area contributed by atoms with E-state index in [0.29, 0.717) is 5.92 Å². The fraction of sp³-hybridized carbons (Fsp3) is 0.562. The molecule has 0 spiro atoms. The zero-order valence-corrected chi connectivity index (χ0v) is 12.6. The Kier molecular flexibility index (Phi) is 6.40. The minimum Gasteiger partial charge on any atom is -0.325 e. The Morgan fingerprint density at radius 2 is 1.84 bits per heavy atom. The van der Waals surface area contributed by atoms with Crippen molar-refractivity contribution in [2.45, 2.75) is 46.5 Å². The zero-order valence-electron chi connectivity index (χ0n) is 12.6. The van der Waals surface area contributed by atoms with Gasteiger partial charge in [0, 0.05) is 18.8 Å². The molecule has 0 bridgehead atoms. The third-order valence-electron chi connectivity index (χ3n) is 3.28. The van der Waals surface area contributed by atoms with Crippen molar-refractivity contribution in [3.63, 3.8) is 0 Å². The number of amides is 2. The molecule has 0 aromatic heterocycles. The molecule has 0 aliphatic heterocycles. The molecule has 1 rings (SSSR count). The molecule has 0 radical (unpaired) electrons. The van der Waals surface area contributed by atoms with Crippen molar-refractivity contribution in [1.29, 1.82) is 0 Å². The molecular weight excluding hydrogens is 236 g/mol. The molecule has 3 heteroatoms. The summed E-state index contributed by atoms with van der Waals surface area (Å²) in [6, 6.07) is 8.08. The maximum atomic E-state index is 12.1. The van der Waals surface area contributed by atoms with E-state index >= 15 is 0 Å². The van der Waals surface area contributed by atoms with Gasteiger partial charge < -0.3 is 10.2 Å². The van der Waals surface area contributed by atoms with Crippen LogP contribution in [0, 0.1) is 0 Å². The molecule has 0 atom stereocenters. The normalized spacial score (nSPS) is 10.6. The smallest absolute Gasteiger partial charge is 0.321 e. The minimum atomic E-state index is -0.00625. The van der Waals surface area contributed by atoms with E-state index in [9.17, 15) is 4.79 Å². The summed E-state index contributed by atoms with van der Waals surface area (Å²) in [7, 11) is 0. The van der Waals surface area contributed by atoms with Crippen LogP contribution in [0.4, 0.5) is 10.5 Å². The SMILES string of the molecule is CCCCN(CC)C(=O)Nc1ccc(C(C)C)cc1. The van der Waals surface area contributed by atoms with E-state index in [4.69, 9.17) is 0 Å². The first-order chi connectivity index (χ1) is 9.08. The molecule has 0 aliphatic rings. The number of carbonyl (C=O) groups is 1. The van der Waals surface area contributed by atoms with Gasteiger partial charge in [-0.05, 0) is 37.0 Å². The molecule has 0 aliphatic carbocycles. The van der Waals surface area contributed by atoms with Gasteiger partial charge >= 0.3 is 6.03 Å². The highest BCUT2D eigenvalue weighted by Crippen LogP contribution is 2.17. The Labute approximate surface area is 117 Å². The fourth-order valence-corrected chi connectivity index (χ4v) is 1.91. The lowest BCUT2D eigenvalue weighted by Crippen LogP contribution is -2.35. The summed E-state index contributed by atoms with van der Waals surface area (Å²) in [4.78, 5) is 13.9. The van der Waals surface area contributed by atoms with Crippen molar-refractivity contribution >= 4 is 11.7 Å². The van der Waals surface area contributed by atoms with Crippen LogP contribution < -0.4 is 5.32 Å². The quantitative estimate of drug-likeness (QED) is 0.806. The van der Waals surface area contributed by atoms with Crippen LogP contribution in [0.25, 0.3) is 0 Å². The Morgan fingerprint density at radius 1 is 1.21 bits per heavy atom. The molecule has 2 amide bonds. The number of benzene rings is 1. The molecule has 19 heavy (non-hydrogen) atoms. The van der Waals surface area contributed by atoms with Crippen LogP contribution in [0.3, 0.4) is 0 Å². The average molecular weight is 262 g/mol. The number of hydrogen-bond acceptors (Lipinski definition) is 1. The number of unbranched alkanes of at least 4 members (excludes halogenated alkanes) is 1. The number of nitrogens with zero attached hydrogens (tertiary/aromatic N) is 1. The monoisotopic (exact) mass is 262 g/mol. The van der Waals surface area contributed by atoms with Crippen LogP contribution in [-0.4, -0.2) is 24.0 Å². The molecule has 0 heterocycles. The first kappa shape index (κ1) is 15.5. The predicted octanol–water partition coefficient (Wildman–Crippen LogP) is 4.46. The topological polar surface area (TPSA) is 32.3 Å². The Bertz CT molecular complexity index is 384. The first-order valence-corrected chi connectivity index (χ1v) is 7.24. The summed E-state index contributed by atoms with van der Waals surface area (Å²) in [6.45, 7) is 10.0. The molecule has 0 saturated heterocycles. The zero-order chi connectivity index (χ0) is 14.3. The van der Waals surface area contributed by atoms with Crippen LogP contribution in [0.2, 0.25) is 0 Å². The number of anilines is 1. The van der Waals surface area contributed by atoms with Gasteiger partial charge in [0.15, 0.2) is 0 Å². The lowest BCUT2D eigenvalue weighted by Gasteiger charge is -2.21. The van der Waals surface area contributed by atoms with E-state index in [1.54, 1.807) is 0 Å². The second kappa shape index (κ2) is 7.82. The maximum Gasteiger partial charge on any atom is 0.321 e. The average Bonchev–Trinajstić information content (AvgIpc) is 2.40. The number of carbonyl (C=O) groups excluding carboxylic acids is 1. The van der Waals surface area contributed by atoms with Gasteiger partial charge in [-0.2, -0.15) is 0 Å². The summed E-state index contributed by atoms with van der Waals surface area (Å²) in [6.07, 6.45) is 2.15. The van der Waals surface area contributed by atoms with E-state index in [1.807, 2.05) is 24.0 Å². The highest BCUT2D eigenvalue weighted by molar-refractivity contribution is 5.89. The van der Waals surface area contributed by atoms with E-state index in [-0.39, 0.29) is 6.03 Å². The third-order valence-corrected chi connectivity index (χ3v) is 3.28. The van der Waals surface area contributed by atoms with Crippen molar-refractivity contribution in [2.24, 2.45) is 0 Å². The third kappa shape index (κ3) is 4.93. The predicted molar refractivity (Wildman–Crippen MR) is 81.7 cm³/mol. The largest absolute Gasteiger partial charge is 0.325 e. The Balaban J connectivity index is 2.59. The summed E-state index contributed by atoms with van der Waals surface area (Å²) < 4.78 is 0. The van der Waals surface area contributed by atoms with Gasteiger partial charge in [0.05, 0.1) is 0 Å². The van der Waals surface area contributed by atoms with Gasteiger partial charge in [0.2, 0.25) is 0 Å². The Morgan fingerprint density at radius 3 is 2.32 bits per heavy atom. The van der Waals surface area contributed by atoms with Crippen LogP contribution in [-0.2, 0) is 0 Å². The molecule has 1 N–H and O–H groups in total. The number of urea groups is 1. The summed E-state index contributed by atoms with van der Waals surface area (Å²) in [5.74, 6) is 0.515. The second-order valence-electron chi connectivity index (χ2n) is 5.14. The van der Waals surface area contributed by atoms with E-state index in [0.717, 1.165) is 31.6 Å². The van der Waals surface area contributed by atoms with E-state index in [1.165, 1.54) is 5.56 Å². The van der Waals surface area contributed by atoms with Gasteiger partial charge in [-0.15, -0.1) is 0 Å². The summed E-state index contributed by atoms with van der Waals surface area (Å²) >= 11 is 0. The van der Waals surface area contributed by atoms with Gasteiger partial charge in [0.1, 0.15) is 0 Å². The lowest BCUT2D eigenvalue weighted by molar-refractivity contribution is 0.213. The molecule has 106 valence electrons. The number of rotatable bonds is 6. The van der Waals surface area contributed by atoms with Crippen LogP contribution in [0.5, 0.6) is 0 Å². The highest BCUT2D eigenvalue weighted by Gasteiger charge is 2.10. The van der Waals surface area contributed by atoms with Crippen molar-refractivity contribution in [1.82, 2.24) is 4.90 Å². The van der Waals surface area contributed by atoms with Gasteiger partial charge in [-0.3, -0.25) is 0 Å². The molecule has 1 aromatic carbocycles. The van der Waals surface area contributed by atoms with Crippen LogP contribution in [0.1, 0.15) is 52.0 Å². The summed E-state index contributed by atoms with van der Waals surface area (Å²) in [5.41, 5.74) is 2.15. The highest BCUT2D eigenvalue weighted by atomic mass is 16.2. The molecule has 0 fully saturated rings. The van der Waals surface area contributed by atoms with E-state index < -0.39 is 0 Å². The maximum absolute atomic E-state index is 12.1. The first-order valence-electron chi connectivity index (χ1n) is 7.24. The standard InChI is InChI=1S/C16H26N2O/c1-5-7-12-18(6-2)16(19)17-15-10-8-14(9-11-15)13(3)4/h8-11,13H,5-7,12H2,1-4H3,(H,17,19). The molecule has 0 unspecified atom stereocenters. The second-order valence-corrected chi connectivity index (χ2v) is 5.14. The van der Waals surface area contributed by atoms with E-state index in [2.05, 4.69) is 38.2 Å². The van der Waals surface area contributed by atoms with Crippen LogP contribution >= 0.6 is 0 Å². The number of nitrogens with one attached hydrogen (secondary N) is 1. The van der Waals surface area contributed by atoms with Crippen molar-refractivity contribution < 1.29 is 4.79 Å². The minimum absolute atomic E-state index is 0.00625. The molecule has 1 aromatic rings. The van der Waals surface area contributed by atoms with Crippen molar-refractivity contribution in [2.75, 3.05) is 18.4 Å². The Hall–Kier alpha value is -1.51. The van der Waals surface area contributed by atoms with Crippen molar-refractivity contribution in [3.05, 3.63) is 29.8 Å².